The van der Waals surface area contributed by atoms with Gasteiger partial charge in [-0.1, -0.05) is 66.7 Å². The molecule has 1 aliphatic rings. The third-order valence-electron chi connectivity index (χ3n) is 4.91. The van der Waals surface area contributed by atoms with E-state index in [1.54, 1.807) is 12.0 Å². The minimum Gasteiger partial charge on any atom is -0.496 e. The number of hydrogen-bond donors (Lipinski definition) is 0. The van der Waals surface area contributed by atoms with Crippen LogP contribution >= 0.6 is 11.8 Å². The third-order valence-corrected chi connectivity index (χ3v) is 5.90. The minimum absolute atomic E-state index is 0.0584. The van der Waals surface area contributed by atoms with Crippen molar-refractivity contribution in [3.63, 3.8) is 0 Å². The van der Waals surface area contributed by atoms with E-state index in [1.165, 1.54) is 11.8 Å². The van der Waals surface area contributed by atoms with Crippen LogP contribution in [0, 0.1) is 0 Å². The van der Waals surface area contributed by atoms with E-state index in [1.807, 2.05) is 97.9 Å². The molecule has 0 aromatic heterocycles. The molecular formula is C25H22N2O2S. The van der Waals surface area contributed by atoms with E-state index in [2.05, 4.69) is 0 Å². The van der Waals surface area contributed by atoms with Crippen LogP contribution in [-0.2, 0) is 4.79 Å². The van der Waals surface area contributed by atoms with Gasteiger partial charge in [-0.15, -0.1) is 0 Å². The number of carbonyl (C=O) groups is 1. The van der Waals surface area contributed by atoms with Gasteiger partial charge in [-0.25, -0.2) is 4.99 Å². The van der Waals surface area contributed by atoms with E-state index < -0.39 is 0 Å². The van der Waals surface area contributed by atoms with Gasteiger partial charge in [-0.3, -0.25) is 9.69 Å². The van der Waals surface area contributed by atoms with Gasteiger partial charge < -0.3 is 4.74 Å². The van der Waals surface area contributed by atoms with E-state index in [0.29, 0.717) is 10.1 Å². The average molecular weight is 415 g/mol. The number of benzene rings is 3. The average Bonchev–Trinajstić information content (AvgIpc) is 3.09. The predicted octanol–water partition coefficient (Wildman–Crippen LogP) is 6.06. The van der Waals surface area contributed by atoms with Crippen LogP contribution in [0.15, 0.2) is 94.8 Å². The van der Waals surface area contributed by atoms with Crippen molar-refractivity contribution in [1.29, 1.82) is 0 Å². The molecule has 150 valence electrons. The Bertz CT molecular complexity index is 1090. The first-order valence-electron chi connectivity index (χ1n) is 9.72. The Morgan fingerprint density at radius 1 is 0.933 bits per heavy atom. The molecule has 1 saturated heterocycles. The van der Waals surface area contributed by atoms with Gasteiger partial charge >= 0.3 is 0 Å². The number of amides is 1. The van der Waals surface area contributed by atoms with Crippen LogP contribution in [0.3, 0.4) is 0 Å². The van der Waals surface area contributed by atoms with Crippen molar-refractivity contribution >= 4 is 34.6 Å². The predicted molar refractivity (Wildman–Crippen MR) is 124 cm³/mol. The first-order valence-corrected chi connectivity index (χ1v) is 10.5. The lowest BCUT2D eigenvalue weighted by Gasteiger charge is -2.24. The quantitative estimate of drug-likeness (QED) is 0.477. The molecule has 4 nitrogen and oxygen atoms in total. The Kier molecular flexibility index (Phi) is 6.00. The molecule has 4 rings (SSSR count). The molecule has 1 fully saturated rings. The molecule has 3 aromatic rings. The molecule has 30 heavy (non-hydrogen) atoms. The van der Waals surface area contributed by atoms with Crippen molar-refractivity contribution < 1.29 is 9.53 Å². The fraction of sp³-hybridized carbons (Fsp3) is 0.120. The summed E-state index contributed by atoms with van der Waals surface area (Å²) in [6, 6.07) is 27.3. The highest BCUT2D eigenvalue weighted by Gasteiger charge is 2.37. The standard InChI is InChI=1S/C25H22N2O2S/c1-18(19-11-5-3-6-12-19)27-24(28)23(17-20-13-9-10-16-22(20)29-2)30-25(27)26-21-14-7-4-8-15-21/h3-18H,1-2H3/b23-17+,26-25?/t18-/m0/s1. The Labute approximate surface area is 180 Å². The molecule has 1 aliphatic heterocycles. The fourth-order valence-corrected chi connectivity index (χ4v) is 4.39. The molecule has 0 N–H and O–H groups in total. The summed E-state index contributed by atoms with van der Waals surface area (Å²) in [5.41, 5.74) is 2.74. The van der Waals surface area contributed by atoms with Crippen molar-refractivity contribution in [3.05, 3.63) is 101 Å². The first-order chi connectivity index (χ1) is 14.7. The molecule has 0 spiro atoms. The monoisotopic (exact) mass is 414 g/mol. The second-order valence-electron chi connectivity index (χ2n) is 6.84. The highest BCUT2D eigenvalue weighted by molar-refractivity contribution is 8.18. The summed E-state index contributed by atoms with van der Waals surface area (Å²) in [5, 5.41) is 0.670. The number of amidine groups is 1. The molecule has 0 unspecified atom stereocenters. The zero-order valence-corrected chi connectivity index (χ0v) is 17.7. The first kappa shape index (κ1) is 20.0. The molecule has 0 bridgehead atoms. The summed E-state index contributed by atoms with van der Waals surface area (Å²) in [7, 11) is 1.63. The number of para-hydroxylation sites is 2. The topological polar surface area (TPSA) is 41.9 Å². The van der Waals surface area contributed by atoms with Gasteiger partial charge in [0.1, 0.15) is 5.75 Å². The zero-order chi connectivity index (χ0) is 20.9. The smallest absolute Gasteiger partial charge is 0.267 e. The van der Waals surface area contributed by atoms with Crippen LogP contribution in [-0.4, -0.2) is 23.1 Å². The molecule has 3 aromatic carbocycles. The van der Waals surface area contributed by atoms with Crippen LogP contribution < -0.4 is 4.74 Å². The van der Waals surface area contributed by atoms with E-state index in [9.17, 15) is 4.79 Å². The summed E-state index contributed by atoms with van der Waals surface area (Å²) in [6.07, 6.45) is 1.88. The summed E-state index contributed by atoms with van der Waals surface area (Å²) in [4.78, 5) is 20.6. The van der Waals surface area contributed by atoms with Crippen molar-refractivity contribution in [2.45, 2.75) is 13.0 Å². The lowest BCUT2D eigenvalue weighted by atomic mass is 10.1. The normalized spacial score (nSPS) is 17.5. The highest BCUT2D eigenvalue weighted by Crippen LogP contribution is 2.39. The van der Waals surface area contributed by atoms with Gasteiger partial charge in [0.05, 0.1) is 23.7 Å². The van der Waals surface area contributed by atoms with E-state index >= 15 is 0 Å². The number of carbonyl (C=O) groups excluding carboxylic acids is 1. The van der Waals surface area contributed by atoms with Crippen LogP contribution in [0.4, 0.5) is 5.69 Å². The molecule has 0 saturated carbocycles. The van der Waals surface area contributed by atoms with Gasteiger partial charge in [0.15, 0.2) is 5.17 Å². The van der Waals surface area contributed by atoms with Crippen molar-refractivity contribution in [2.75, 3.05) is 7.11 Å². The lowest BCUT2D eigenvalue weighted by molar-refractivity contribution is -0.123. The number of rotatable bonds is 5. The van der Waals surface area contributed by atoms with Crippen molar-refractivity contribution in [3.8, 4) is 5.75 Å². The SMILES string of the molecule is COc1ccccc1/C=C1/SC(=Nc2ccccc2)N([C@@H](C)c2ccccc2)C1=O. The van der Waals surface area contributed by atoms with E-state index in [0.717, 1.165) is 22.6 Å². The summed E-state index contributed by atoms with van der Waals surface area (Å²) < 4.78 is 5.45. The number of nitrogens with zero attached hydrogens (tertiary/aromatic N) is 2. The second kappa shape index (κ2) is 9.01. The molecule has 0 radical (unpaired) electrons. The Morgan fingerprint density at radius 3 is 2.27 bits per heavy atom. The fourth-order valence-electron chi connectivity index (χ4n) is 3.33. The molecule has 1 heterocycles. The van der Waals surface area contributed by atoms with Crippen LogP contribution in [0.5, 0.6) is 5.75 Å². The van der Waals surface area contributed by atoms with Gasteiger partial charge in [0, 0.05) is 5.56 Å². The maximum Gasteiger partial charge on any atom is 0.267 e. The zero-order valence-electron chi connectivity index (χ0n) is 16.9. The van der Waals surface area contributed by atoms with Gasteiger partial charge in [-0.05, 0) is 48.5 Å². The van der Waals surface area contributed by atoms with Gasteiger partial charge in [-0.2, -0.15) is 0 Å². The Balaban J connectivity index is 1.76. The number of ether oxygens (including phenoxy) is 1. The van der Waals surface area contributed by atoms with Crippen LogP contribution in [0.25, 0.3) is 6.08 Å². The lowest BCUT2D eigenvalue weighted by Crippen LogP contribution is -2.32. The maximum absolute atomic E-state index is 13.4. The Morgan fingerprint density at radius 2 is 1.57 bits per heavy atom. The van der Waals surface area contributed by atoms with Gasteiger partial charge in [0.25, 0.3) is 5.91 Å². The molecule has 1 atom stereocenters. The minimum atomic E-state index is -0.141. The third kappa shape index (κ3) is 4.16. The summed E-state index contributed by atoms with van der Waals surface area (Å²) in [5.74, 6) is 0.673. The van der Waals surface area contributed by atoms with Crippen molar-refractivity contribution in [2.24, 2.45) is 4.99 Å². The number of hydrogen-bond acceptors (Lipinski definition) is 4. The van der Waals surface area contributed by atoms with Crippen molar-refractivity contribution in [1.82, 2.24) is 4.90 Å². The van der Waals surface area contributed by atoms with Crippen LogP contribution in [0.2, 0.25) is 0 Å². The molecule has 0 aliphatic carbocycles. The molecular weight excluding hydrogens is 392 g/mol. The summed E-state index contributed by atoms with van der Waals surface area (Å²) >= 11 is 1.39. The van der Waals surface area contributed by atoms with Crippen LogP contribution in [0.1, 0.15) is 24.1 Å². The largest absolute Gasteiger partial charge is 0.496 e. The molecule has 5 heteroatoms. The van der Waals surface area contributed by atoms with E-state index in [4.69, 9.17) is 9.73 Å². The number of thioether (sulfide) groups is 1. The number of methoxy groups -OCH3 is 1. The molecule has 1 amide bonds. The number of aliphatic imine (C=N–C) groups is 1. The van der Waals surface area contributed by atoms with E-state index in [-0.39, 0.29) is 11.9 Å². The maximum atomic E-state index is 13.4. The van der Waals surface area contributed by atoms with Gasteiger partial charge in [0.2, 0.25) is 0 Å². The Hall–Kier alpha value is -3.31. The summed E-state index contributed by atoms with van der Waals surface area (Å²) in [6.45, 7) is 2.03. The highest BCUT2D eigenvalue weighted by atomic mass is 32.2. The second-order valence-corrected chi connectivity index (χ2v) is 7.85.